The molecule has 0 saturated carbocycles. The predicted octanol–water partition coefficient (Wildman–Crippen LogP) is 3.37. The highest BCUT2D eigenvalue weighted by atomic mass is 32.2. The highest BCUT2D eigenvalue weighted by Gasteiger charge is 2.31. The summed E-state index contributed by atoms with van der Waals surface area (Å²) in [5, 5.41) is 1.09. The van der Waals surface area contributed by atoms with Crippen molar-refractivity contribution in [2.75, 3.05) is 6.54 Å². The van der Waals surface area contributed by atoms with Crippen molar-refractivity contribution < 1.29 is 12.8 Å². The van der Waals surface area contributed by atoms with Gasteiger partial charge in [0.1, 0.15) is 5.82 Å². The third kappa shape index (κ3) is 2.48. The van der Waals surface area contributed by atoms with Crippen LogP contribution >= 0.6 is 0 Å². The number of aryl methyl sites for hydroxylation is 2. The Labute approximate surface area is 146 Å². The Morgan fingerprint density at radius 1 is 1.12 bits per heavy atom. The van der Waals surface area contributed by atoms with Crippen molar-refractivity contribution in [3.05, 3.63) is 65.1 Å². The van der Waals surface area contributed by atoms with Gasteiger partial charge in [-0.15, -0.1) is 0 Å². The first kappa shape index (κ1) is 16.3. The molecule has 0 fully saturated rings. The second-order valence-electron chi connectivity index (χ2n) is 6.50. The molecular weight excluding hydrogens is 339 g/mol. The van der Waals surface area contributed by atoms with Gasteiger partial charge in [-0.05, 0) is 42.3 Å². The van der Waals surface area contributed by atoms with Gasteiger partial charge in [0.25, 0.3) is 0 Å². The van der Waals surface area contributed by atoms with Gasteiger partial charge in [-0.25, -0.2) is 12.8 Å². The first-order valence-electron chi connectivity index (χ1n) is 8.21. The van der Waals surface area contributed by atoms with Gasteiger partial charge in [0.15, 0.2) is 0 Å². The average molecular weight is 358 g/mol. The zero-order valence-corrected chi connectivity index (χ0v) is 15.0. The first-order valence-corrected chi connectivity index (χ1v) is 9.65. The van der Waals surface area contributed by atoms with Crippen LogP contribution in [0.4, 0.5) is 4.39 Å². The Bertz CT molecular complexity index is 1090. The summed E-state index contributed by atoms with van der Waals surface area (Å²) < 4.78 is 43.1. The molecule has 2 heterocycles. The summed E-state index contributed by atoms with van der Waals surface area (Å²) >= 11 is 0. The molecule has 0 bridgehead atoms. The molecule has 1 aromatic heterocycles. The zero-order chi connectivity index (χ0) is 17.8. The van der Waals surface area contributed by atoms with Crippen LogP contribution in [0.5, 0.6) is 0 Å². The van der Waals surface area contributed by atoms with Crippen LogP contribution in [-0.4, -0.2) is 23.8 Å². The maximum absolute atomic E-state index is 13.5. The van der Waals surface area contributed by atoms with Crippen LogP contribution in [0.2, 0.25) is 0 Å². The normalized spacial score (nSPS) is 15.5. The van der Waals surface area contributed by atoms with Crippen molar-refractivity contribution in [1.29, 1.82) is 0 Å². The number of sulfonamides is 1. The van der Waals surface area contributed by atoms with E-state index in [0.29, 0.717) is 25.1 Å². The van der Waals surface area contributed by atoms with Crippen LogP contribution in [-0.2, 0) is 30.0 Å². The lowest BCUT2D eigenvalue weighted by atomic mass is 10.1. The van der Waals surface area contributed by atoms with Crippen molar-refractivity contribution in [3.8, 4) is 0 Å². The van der Waals surface area contributed by atoms with E-state index in [4.69, 9.17) is 0 Å². The average Bonchev–Trinajstić information content (AvgIpc) is 2.90. The Hall–Kier alpha value is -2.18. The summed E-state index contributed by atoms with van der Waals surface area (Å²) in [5.74, 6) is -0.395. The molecule has 0 aliphatic carbocycles. The molecule has 4 rings (SSSR count). The summed E-state index contributed by atoms with van der Waals surface area (Å²) in [6.07, 6.45) is 0.667. The standard InChI is InChI=1S/C19H19FN2O2S/c1-13-11-14(7-8-17(13)20)25(23,24)22-10-9-19-16(12-22)15-5-3-4-6-18(15)21(19)2/h3-8,11H,9-10,12H2,1-2H3. The number of para-hydroxylation sites is 1. The summed E-state index contributed by atoms with van der Waals surface area (Å²) in [6, 6.07) is 12.0. The zero-order valence-electron chi connectivity index (χ0n) is 14.2. The van der Waals surface area contributed by atoms with Crippen molar-refractivity contribution >= 4 is 20.9 Å². The lowest BCUT2D eigenvalue weighted by Crippen LogP contribution is -2.36. The highest BCUT2D eigenvalue weighted by Crippen LogP contribution is 2.32. The summed E-state index contributed by atoms with van der Waals surface area (Å²) in [6.45, 7) is 2.35. The molecule has 130 valence electrons. The van der Waals surface area contributed by atoms with Gasteiger partial charge in [0, 0.05) is 43.2 Å². The van der Waals surface area contributed by atoms with Gasteiger partial charge in [-0.3, -0.25) is 0 Å². The van der Waals surface area contributed by atoms with Crippen molar-refractivity contribution in [3.63, 3.8) is 0 Å². The predicted molar refractivity (Wildman–Crippen MR) is 95.4 cm³/mol. The smallest absolute Gasteiger partial charge is 0.243 e. The van der Waals surface area contributed by atoms with E-state index in [9.17, 15) is 12.8 Å². The highest BCUT2D eigenvalue weighted by molar-refractivity contribution is 7.89. The van der Waals surface area contributed by atoms with Crippen LogP contribution in [0, 0.1) is 12.7 Å². The minimum absolute atomic E-state index is 0.148. The second-order valence-corrected chi connectivity index (χ2v) is 8.44. The molecule has 1 aliphatic rings. The van der Waals surface area contributed by atoms with Crippen LogP contribution in [0.25, 0.3) is 10.9 Å². The fourth-order valence-corrected chi connectivity index (χ4v) is 5.13. The molecule has 0 N–H and O–H groups in total. The maximum Gasteiger partial charge on any atom is 0.243 e. The maximum atomic E-state index is 13.5. The number of fused-ring (bicyclic) bond motifs is 3. The van der Waals surface area contributed by atoms with Gasteiger partial charge in [-0.2, -0.15) is 4.31 Å². The molecule has 0 atom stereocenters. The molecular formula is C19H19FN2O2S. The van der Waals surface area contributed by atoms with Crippen molar-refractivity contribution in [2.24, 2.45) is 7.05 Å². The molecule has 0 radical (unpaired) electrons. The lowest BCUT2D eigenvalue weighted by Gasteiger charge is -2.27. The molecule has 0 spiro atoms. The van der Waals surface area contributed by atoms with E-state index in [1.807, 2.05) is 25.2 Å². The van der Waals surface area contributed by atoms with E-state index >= 15 is 0 Å². The second kappa shape index (κ2) is 5.68. The van der Waals surface area contributed by atoms with Gasteiger partial charge in [0.05, 0.1) is 4.90 Å². The molecule has 25 heavy (non-hydrogen) atoms. The van der Waals surface area contributed by atoms with Crippen LogP contribution in [0.3, 0.4) is 0 Å². The Morgan fingerprint density at radius 2 is 1.88 bits per heavy atom. The number of benzene rings is 2. The molecule has 1 aliphatic heterocycles. The van der Waals surface area contributed by atoms with Crippen LogP contribution in [0.1, 0.15) is 16.8 Å². The van der Waals surface area contributed by atoms with Crippen LogP contribution < -0.4 is 0 Å². The summed E-state index contributed by atoms with van der Waals surface area (Å²) in [5.41, 5.74) is 3.70. The molecule has 6 heteroatoms. The molecule has 2 aromatic carbocycles. The number of aromatic nitrogens is 1. The van der Waals surface area contributed by atoms with E-state index in [1.165, 1.54) is 28.2 Å². The lowest BCUT2D eigenvalue weighted by molar-refractivity contribution is 0.388. The number of halogens is 1. The minimum atomic E-state index is -3.65. The van der Waals surface area contributed by atoms with Crippen molar-refractivity contribution in [2.45, 2.75) is 24.8 Å². The molecule has 3 aromatic rings. The molecule has 0 unspecified atom stereocenters. The number of rotatable bonds is 2. The van der Waals surface area contributed by atoms with E-state index in [2.05, 4.69) is 10.6 Å². The van der Waals surface area contributed by atoms with Gasteiger partial charge < -0.3 is 4.57 Å². The topological polar surface area (TPSA) is 42.3 Å². The van der Waals surface area contributed by atoms with E-state index in [0.717, 1.165) is 16.5 Å². The van der Waals surface area contributed by atoms with Crippen molar-refractivity contribution in [1.82, 2.24) is 8.87 Å². The number of hydrogen-bond acceptors (Lipinski definition) is 2. The van der Waals surface area contributed by atoms with Gasteiger partial charge >= 0.3 is 0 Å². The Morgan fingerprint density at radius 3 is 2.64 bits per heavy atom. The SMILES string of the molecule is Cc1cc(S(=O)(=O)N2CCc3c(c4ccccc4n3C)C2)ccc1F. The first-order chi connectivity index (χ1) is 11.9. The van der Waals surface area contributed by atoms with Gasteiger partial charge in [-0.1, -0.05) is 18.2 Å². The molecule has 0 amide bonds. The number of nitrogens with zero attached hydrogens (tertiary/aromatic N) is 2. The summed E-state index contributed by atoms with van der Waals surface area (Å²) in [4.78, 5) is 0.148. The van der Waals surface area contributed by atoms with E-state index in [-0.39, 0.29) is 4.90 Å². The Balaban J connectivity index is 1.77. The van der Waals surface area contributed by atoms with E-state index < -0.39 is 15.8 Å². The van der Waals surface area contributed by atoms with Crippen LogP contribution in [0.15, 0.2) is 47.4 Å². The van der Waals surface area contributed by atoms with E-state index in [1.54, 1.807) is 6.92 Å². The molecule has 4 nitrogen and oxygen atoms in total. The molecule has 0 saturated heterocycles. The van der Waals surface area contributed by atoms with Gasteiger partial charge in [0.2, 0.25) is 10.0 Å². The summed E-state index contributed by atoms with van der Waals surface area (Å²) in [7, 11) is -1.62. The Kier molecular flexibility index (Phi) is 3.70. The fourth-order valence-electron chi connectivity index (χ4n) is 3.64. The fraction of sp³-hybridized carbons (Fsp3) is 0.263. The quantitative estimate of drug-likeness (QED) is 0.705. The minimum Gasteiger partial charge on any atom is -0.347 e. The largest absolute Gasteiger partial charge is 0.347 e. The third-order valence-electron chi connectivity index (χ3n) is 5.04. The number of hydrogen-bond donors (Lipinski definition) is 0. The third-order valence-corrected chi connectivity index (χ3v) is 6.88. The monoisotopic (exact) mass is 358 g/mol.